The summed E-state index contributed by atoms with van der Waals surface area (Å²) in [5.41, 5.74) is 1.61. The molecule has 4 nitrogen and oxygen atoms in total. The quantitative estimate of drug-likeness (QED) is 0.468. The number of hydrogen-bond donors (Lipinski definition) is 0. The van der Waals surface area contributed by atoms with Gasteiger partial charge in [-0.15, -0.1) is 0 Å². The average Bonchev–Trinajstić information content (AvgIpc) is 2.59. The summed E-state index contributed by atoms with van der Waals surface area (Å²) in [5, 5.41) is 0.755. The lowest BCUT2D eigenvalue weighted by Gasteiger charge is -2.19. The van der Waals surface area contributed by atoms with Crippen molar-refractivity contribution in [3.63, 3.8) is 0 Å². The van der Waals surface area contributed by atoms with E-state index in [1.54, 1.807) is 24.3 Å². The molecule has 0 amide bonds. The van der Waals surface area contributed by atoms with Crippen molar-refractivity contribution in [3.05, 3.63) is 63.6 Å². The van der Waals surface area contributed by atoms with Crippen molar-refractivity contribution in [1.82, 2.24) is 0 Å². The molecule has 1 atom stereocenters. The number of carbonyl (C=O) groups is 2. The molecule has 0 saturated carbocycles. The number of Topliss-reactive ketones (excluding diaryl/α,β-unsaturated/α-hetero) is 1. The summed E-state index contributed by atoms with van der Waals surface area (Å²) >= 11 is 11.8. The molecule has 0 aromatic heterocycles. The van der Waals surface area contributed by atoms with Crippen LogP contribution in [0.25, 0.3) is 0 Å². The molecule has 0 unspecified atom stereocenters. The normalized spacial score (nSPS) is 12.4. The Morgan fingerprint density at radius 2 is 1.67 bits per heavy atom. The van der Waals surface area contributed by atoms with Gasteiger partial charge in [-0.25, -0.2) is 4.79 Å². The van der Waals surface area contributed by atoms with Crippen molar-refractivity contribution >= 4 is 35.0 Å². The molecule has 0 radical (unpaired) electrons. The first-order valence-electron chi connectivity index (χ1n) is 8.50. The fourth-order valence-electron chi connectivity index (χ4n) is 2.38. The molecule has 27 heavy (non-hydrogen) atoms. The van der Waals surface area contributed by atoms with Gasteiger partial charge in [-0.2, -0.15) is 0 Å². The Balaban J connectivity index is 1.92. The Hall–Kier alpha value is -2.04. The van der Waals surface area contributed by atoms with E-state index in [4.69, 9.17) is 32.7 Å². The fraction of sp³-hybridized carbons (Fsp3) is 0.333. The summed E-state index contributed by atoms with van der Waals surface area (Å²) in [5.74, 6) is -0.615. The highest BCUT2D eigenvalue weighted by Gasteiger charge is 2.21. The van der Waals surface area contributed by atoms with E-state index >= 15 is 0 Å². The number of hydrogen-bond acceptors (Lipinski definition) is 4. The molecule has 0 saturated heterocycles. The van der Waals surface area contributed by atoms with Crippen LogP contribution in [0.3, 0.4) is 0 Å². The van der Waals surface area contributed by atoms with E-state index in [1.165, 1.54) is 13.0 Å². The standard InChI is InChI=1S/C21H22Cl2O4/c1-13(20(25)14-5-7-15(8-6-14)21(2,3)4)27-19(24)12-26-18-10-9-16(22)11-17(18)23/h5-11,13H,12H2,1-4H3/t13-/m0/s1. The summed E-state index contributed by atoms with van der Waals surface area (Å²) < 4.78 is 10.5. The first-order chi connectivity index (χ1) is 12.6. The van der Waals surface area contributed by atoms with E-state index in [2.05, 4.69) is 20.8 Å². The van der Waals surface area contributed by atoms with Crippen LogP contribution in [0.4, 0.5) is 0 Å². The molecule has 6 heteroatoms. The second kappa shape index (κ2) is 8.77. The lowest BCUT2D eigenvalue weighted by molar-refractivity contribution is -0.148. The predicted octanol–water partition coefficient (Wildman–Crippen LogP) is 5.48. The van der Waals surface area contributed by atoms with Crippen molar-refractivity contribution in [2.45, 2.75) is 39.2 Å². The lowest BCUT2D eigenvalue weighted by atomic mass is 9.86. The van der Waals surface area contributed by atoms with E-state index < -0.39 is 12.1 Å². The van der Waals surface area contributed by atoms with Crippen molar-refractivity contribution in [2.75, 3.05) is 6.61 Å². The van der Waals surface area contributed by atoms with Crippen LogP contribution in [0.15, 0.2) is 42.5 Å². The van der Waals surface area contributed by atoms with Gasteiger partial charge < -0.3 is 9.47 Å². The largest absolute Gasteiger partial charge is 0.480 e. The van der Waals surface area contributed by atoms with Gasteiger partial charge in [0.15, 0.2) is 12.7 Å². The van der Waals surface area contributed by atoms with Crippen LogP contribution < -0.4 is 4.74 Å². The molecule has 0 bridgehead atoms. The van der Waals surface area contributed by atoms with E-state index in [0.29, 0.717) is 21.4 Å². The molecule has 0 spiro atoms. The number of carbonyl (C=O) groups excluding carboxylic acids is 2. The Morgan fingerprint density at radius 3 is 2.22 bits per heavy atom. The number of benzene rings is 2. The van der Waals surface area contributed by atoms with Crippen molar-refractivity contribution in [2.24, 2.45) is 0 Å². The topological polar surface area (TPSA) is 52.6 Å². The molecule has 0 aliphatic carbocycles. The van der Waals surface area contributed by atoms with Gasteiger partial charge >= 0.3 is 5.97 Å². The average molecular weight is 409 g/mol. The minimum Gasteiger partial charge on any atom is -0.480 e. The molecule has 0 aliphatic heterocycles. The highest BCUT2D eigenvalue weighted by atomic mass is 35.5. The Labute approximate surface area is 169 Å². The summed E-state index contributed by atoms with van der Waals surface area (Å²) in [6, 6.07) is 12.0. The van der Waals surface area contributed by atoms with Crippen LogP contribution in [-0.4, -0.2) is 24.5 Å². The highest BCUT2D eigenvalue weighted by molar-refractivity contribution is 6.35. The third kappa shape index (κ3) is 5.98. The van der Waals surface area contributed by atoms with E-state index in [1.807, 2.05) is 12.1 Å². The maximum absolute atomic E-state index is 12.5. The molecular formula is C21H22Cl2O4. The van der Waals surface area contributed by atoms with Crippen molar-refractivity contribution < 1.29 is 19.1 Å². The van der Waals surface area contributed by atoms with Gasteiger partial charge in [0.2, 0.25) is 5.78 Å². The second-order valence-electron chi connectivity index (χ2n) is 7.19. The van der Waals surface area contributed by atoms with Crippen LogP contribution in [-0.2, 0) is 14.9 Å². The molecule has 2 aromatic carbocycles. The third-order valence-corrected chi connectivity index (χ3v) is 4.48. The molecule has 144 valence electrons. The van der Waals surface area contributed by atoms with Crippen LogP contribution in [0.2, 0.25) is 10.0 Å². The molecule has 0 heterocycles. The minimum atomic E-state index is -0.915. The summed E-state index contributed by atoms with van der Waals surface area (Å²) in [6.45, 7) is 7.47. The van der Waals surface area contributed by atoms with Gasteiger partial charge in [-0.1, -0.05) is 68.2 Å². The maximum atomic E-state index is 12.5. The van der Waals surface area contributed by atoms with Gasteiger partial charge in [-0.05, 0) is 36.1 Å². The number of halogens is 2. The fourth-order valence-corrected chi connectivity index (χ4v) is 2.85. The maximum Gasteiger partial charge on any atom is 0.344 e. The van der Waals surface area contributed by atoms with Gasteiger partial charge in [0.1, 0.15) is 5.75 Å². The summed E-state index contributed by atoms with van der Waals surface area (Å²) in [4.78, 5) is 24.4. The first-order valence-corrected chi connectivity index (χ1v) is 9.25. The van der Waals surface area contributed by atoms with Crippen molar-refractivity contribution in [3.8, 4) is 5.75 Å². The van der Waals surface area contributed by atoms with Gasteiger partial charge in [0.25, 0.3) is 0 Å². The zero-order valence-corrected chi connectivity index (χ0v) is 17.2. The summed E-state index contributed by atoms with van der Waals surface area (Å²) in [7, 11) is 0. The number of ketones is 1. The van der Waals surface area contributed by atoms with Crippen molar-refractivity contribution in [1.29, 1.82) is 0 Å². The Bertz CT molecular complexity index is 823. The Kier molecular flexibility index (Phi) is 6.90. The zero-order valence-electron chi connectivity index (χ0n) is 15.7. The molecule has 0 N–H and O–H groups in total. The van der Waals surface area contributed by atoms with Crippen LogP contribution in [0.5, 0.6) is 5.75 Å². The van der Waals surface area contributed by atoms with Crippen LogP contribution >= 0.6 is 23.2 Å². The molecule has 2 rings (SSSR count). The van der Waals surface area contributed by atoms with Gasteiger partial charge in [0.05, 0.1) is 5.02 Å². The highest BCUT2D eigenvalue weighted by Crippen LogP contribution is 2.27. The van der Waals surface area contributed by atoms with E-state index in [-0.39, 0.29) is 17.8 Å². The third-order valence-electron chi connectivity index (χ3n) is 3.95. The van der Waals surface area contributed by atoms with Gasteiger partial charge in [-0.3, -0.25) is 4.79 Å². The second-order valence-corrected chi connectivity index (χ2v) is 8.03. The molecular weight excluding hydrogens is 387 g/mol. The molecule has 0 aliphatic rings. The first kappa shape index (κ1) is 21.3. The van der Waals surface area contributed by atoms with Crippen LogP contribution in [0.1, 0.15) is 43.6 Å². The molecule has 0 fully saturated rings. The smallest absolute Gasteiger partial charge is 0.344 e. The van der Waals surface area contributed by atoms with Crippen LogP contribution in [0, 0.1) is 0 Å². The minimum absolute atomic E-state index is 0.0000613. The van der Waals surface area contributed by atoms with E-state index in [9.17, 15) is 9.59 Å². The molecule has 2 aromatic rings. The number of ether oxygens (including phenoxy) is 2. The van der Waals surface area contributed by atoms with E-state index in [0.717, 1.165) is 5.56 Å². The summed E-state index contributed by atoms with van der Waals surface area (Å²) in [6.07, 6.45) is -0.915. The van der Waals surface area contributed by atoms with Gasteiger partial charge in [0, 0.05) is 10.6 Å². The number of rotatable bonds is 6. The number of esters is 1. The predicted molar refractivity (Wildman–Crippen MR) is 107 cm³/mol. The zero-order chi connectivity index (χ0) is 20.2. The lowest BCUT2D eigenvalue weighted by Crippen LogP contribution is -2.27. The SMILES string of the molecule is C[C@H](OC(=O)COc1ccc(Cl)cc1Cl)C(=O)c1ccc(C(C)(C)C)cc1. The Morgan fingerprint density at radius 1 is 1.04 bits per heavy atom. The monoisotopic (exact) mass is 408 g/mol.